The normalized spacial score (nSPS) is 11.2. The number of hydrogen-bond acceptors (Lipinski definition) is 7. The van der Waals surface area contributed by atoms with Gasteiger partial charge in [0.05, 0.1) is 30.7 Å². The fourth-order valence-electron chi connectivity index (χ4n) is 3.78. The van der Waals surface area contributed by atoms with E-state index in [1.54, 1.807) is 37.4 Å². The minimum atomic E-state index is -4.58. The lowest BCUT2D eigenvalue weighted by atomic mass is 10.1. The highest BCUT2D eigenvalue weighted by molar-refractivity contribution is 6.08. The molecule has 0 radical (unpaired) electrons. The Hall–Kier alpha value is -4.58. The van der Waals surface area contributed by atoms with Crippen molar-refractivity contribution in [1.82, 2.24) is 9.97 Å². The van der Waals surface area contributed by atoms with Crippen molar-refractivity contribution in [3.8, 4) is 17.4 Å². The van der Waals surface area contributed by atoms with Crippen LogP contribution in [0.4, 0.5) is 35.3 Å². The molecule has 3 aromatic carbocycles. The summed E-state index contributed by atoms with van der Waals surface area (Å²) in [5.74, 6) is 1.29. The molecule has 39 heavy (non-hydrogen) atoms. The summed E-state index contributed by atoms with van der Waals surface area (Å²) in [6.07, 6.45) is -4.58. The molecule has 1 aromatic heterocycles. The standard InChI is InChI=1S/C27H26F3N5O4/c1-16-14-24(35-25(32-16)31-12-13-37-2)39-22-11-9-20(18-6-4-5-7-19(18)22)33-26(36)34-21-15-17(27(28,29)30)8-10-23(21)38-3/h4-11,14-15H,12-13H2,1-3H3,(H,31,32,35)(H2,33,34,36). The molecule has 2 amide bonds. The predicted molar refractivity (Wildman–Crippen MR) is 142 cm³/mol. The zero-order valence-electron chi connectivity index (χ0n) is 21.3. The number of aromatic nitrogens is 2. The van der Waals surface area contributed by atoms with Gasteiger partial charge in [-0.2, -0.15) is 18.2 Å². The molecule has 0 aliphatic heterocycles. The highest BCUT2D eigenvalue weighted by atomic mass is 19.4. The van der Waals surface area contributed by atoms with Gasteiger partial charge in [-0.15, -0.1) is 0 Å². The van der Waals surface area contributed by atoms with E-state index >= 15 is 0 Å². The number of hydrogen-bond donors (Lipinski definition) is 3. The molecule has 0 fully saturated rings. The van der Waals surface area contributed by atoms with Crippen molar-refractivity contribution in [3.63, 3.8) is 0 Å². The van der Waals surface area contributed by atoms with Crippen molar-refractivity contribution in [3.05, 3.63) is 71.9 Å². The van der Waals surface area contributed by atoms with Gasteiger partial charge in [-0.25, -0.2) is 9.78 Å². The predicted octanol–water partition coefficient (Wildman–Crippen LogP) is 6.46. The molecule has 1 heterocycles. The first-order valence-corrected chi connectivity index (χ1v) is 11.8. The number of rotatable bonds is 9. The number of alkyl halides is 3. The lowest BCUT2D eigenvalue weighted by Crippen LogP contribution is -2.20. The SMILES string of the molecule is COCCNc1nc(C)cc(Oc2ccc(NC(=O)Nc3cc(C(F)(F)F)ccc3OC)c3ccccc23)n1. The minimum Gasteiger partial charge on any atom is -0.495 e. The summed E-state index contributed by atoms with van der Waals surface area (Å²) in [6, 6.07) is 14.3. The second-order valence-corrected chi connectivity index (χ2v) is 8.34. The monoisotopic (exact) mass is 541 g/mol. The van der Waals surface area contributed by atoms with Crippen LogP contribution >= 0.6 is 0 Å². The topological polar surface area (TPSA) is 107 Å². The van der Waals surface area contributed by atoms with Gasteiger partial charge in [-0.1, -0.05) is 24.3 Å². The maximum absolute atomic E-state index is 13.2. The van der Waals surface area contributed by atoms with Gasteiger partial charge in [0.1, 0.15) is 11.5 Å². The number of nitrogens with zero attached hydrogens (tertiary/aromatic N) is 2. The Morgan fingerprint density at radius 2 is 1.62 bits per heavy atom. The van der Waals surface area contributed by atoms with Gasteiger partial charge in [0.15, 0.2) is 0 Å². The molecule has 0 aliphatic carbocycles. The number of urea groups is 1. The van der Waals surface area contributed by atoms with Crippen LogP contribution in [-0.2, 0) is 10.9 Å². The van der Waals surface area contributed by atoms with Crippen molar-refractivity contribution in [2.75, 3.05) is 43.3 Å². The number of nitrogens with one attached hydrogen (secondary N) is 3. The van der Waals surface area contributed by atoms with E-state index in [-0.39, 0.29) is 11.4 Å². The van der Waals surface area contributed by atoms with Crippen molar-refractivity contribution >= 4 is 34.1 Å². The van der Waals surface area contributed by atoms with E-state index in [0.717, 1.165) is 18.2 Å². The summed E-state index contributed by atoms with van der Waals surface area (Å²) in [4.78, 5) is 21.5. The molecule has 4 rings (SSSR count). The highest BCUT2D eigenvalue weighted by Gasteiger charge is 2.31. The van der Waals surface area contributed by atoms with Gasteiger partial charge in [0.25, 0.3) is 0 Å². The molecule has 0 atom stereocenters. The minimum absolute atomic E-state index is 0.0861. The Morgan fingerprint density at radius 1 is 0.897 bits per heavy atom. The fourth-order valence-corrected chi connectivity index (χ4v) is 3.78. The maximum atomic E-state index is 13.2. The zero-order valence-corrected chi connectivity index (χ0v) is 21.3. The van der Waals surface area contributed by atoms with E-state index in [1.165, 1.54) is 7.11 Å². The molecule has 0 aliphatic rings. The fraction of sp³-hybridized carbons (Fsp3) is 0.222. The Morgan fingerprint density at radius 3 is 2.33 bits per heavy atom. The first kappa shape index (κ1) is 27.5. The van der Waals surface area contributed by atoms with Gasteiger partial charge in [0.2, 0.25) is 11.8 Å². The van der Waals surface area contributed by atoms with Crippen molar-refractivity contribution in [1.29, 1.82) is 0 Å². The van der Waals surface area contributed by atoms with Crippen LogP contribution in [0.3, 0.4) is 0 Å². The van der Waals surface area contributed by atoms with E-state index in [2.05, 4.69) is 25.9 Å². The van der Waals surface area contributed by atoms with Crippen LogP contribution in [0.25, 0.3) is 10.8 Å². The van der Waals surface area contributed by atoms with Crippen LogP contribution < -0.4 is 25.4 Å². The van der Waals surface area contributed by atoms with Crippen molar-refractivity contribution in [2.24, 2.45) is 0 Å². The molecule has 0 spiro atoms. The Balaban J connectivity index is 1.57. The van der Waals surface area contributed by atoms with Crippen LogP contribution in [0.5, 0.6) is 17.4 Å². The van der Waals surface area contributed by atoms with Crippen LogP contribution in [0.1, 0.15) is 11.3 Å². The number of ether oxygens (including phenoxy) is 3. The lowest BCUT2D eigenvalue weighted by molar-refractivity contribution is -0.137. The average molecular weight is 542 g/mol. The van der Waals surface area contributed by atoms with E-state index in [1.807, 2.05) is 19.1 Å². The van der Waals surface area contributed by atoms with Gasteiger partial charge in [-0.05, 0) is 37.3 Å². The highest BCUT2D eigenvalue weighted by Crippen LogP contribution is 2.36. The number of amides is 2. The number of fused-ring (bicyclic) bond motifs is 1. The molecule has 0 unspecified atom stereocenters. The number of carbonyl (C=O) groups excluding carboxylic acids is 1. The summed E-state index contributed by atoms with van der Waals surface area (Å²) in [6.45, 7) is 2.83. The van der Waals surface area contributed by atoms with Gasteiger partial charge < -0.3 is 30.2 Å². The first-order chi connectivity index (χ1) is 18.7. The van der Waals surface area contributed by atoms with E-state index in [9.17, 15) is 18.0 Å². The summed E-state index contributed by atoms with van der Waals surface area (Å²) < 4.78 is 55.7. The van der Waals surface area contributed by atoms with Crippen LogP contribution in [0.2, 0.25) is 0 Å². The third kappa shape index (κ3) is 6.85. The van der Waals surface area contributed by atoms with Gasteiger partial charge in [-0.3, -0.25) is 0 Å². The summed E-state index contributed by atoms with van der Waals surface area (Å²) in [5, 5.41) is 9.52. The molecule has 3 N–H and O–H groups in total. The molecule has 0 saturated carbocycles. The van der Waals surface area contributed by atoms with Crippen LogP contribution in [-0.4, -0.2) is 43.4 Å². The molecule has 204 valence electrons. The summed E-state index contributed by atoms with van der Waals surface area (Å²) in [5.41, 5.74) is 0.0806. The maximum Gasteiger partial charge on any atom is 0.416 e. The first-order valence-electron chi connectivity index (χ1n) is 11.8. The second kappa shape index (κ2) is 11.9. The number of anilines is 3. The Labute approximate surface area is 222 Å². The molecular formula is C27H26F3N5O4. The van der Waals surface area contributed by atoms with E-state index in [4.69, 9.17) is 14.2 Å². The number of carbonyl (C=O) groups is 1. The summed E-state index contributed by atoms with van der Waals surface area (Å²) in [7, 11) is 2.90. The van der Waals surface area contributed by atoms with Crippen LogP contribution in [0, 0.1) is 6.92 Å². The molecule has 0 bridgehead atoms. The number of benzene rings is 3. The summed E-state index contributed by atoms with van der Waals surface area (Å²) >= 11 is 0. The van der Waals surface area contributed by atoms with Crippen molar-refractivity contribution in [2.45, 2.75) is 13.1 Å². The molecular weight excluding hydrogens is 515 g/mol. The third-order valence-electron chi connectivity index (χ3n) is 5.54. The number of halogens is 3. The lowest BCUT2D eigenvalue weighted by Gasteiger charge is -2.16. The van der Waals surface area contributed by atoms with Gasteiger partial charge in [0, 0.05) is 36.2 Å². The average Bonchev–Trinajstić information content (AvgIpc) is 2.89. The zero-order chi connectivity index (χ0) is 28.0. The number of aryl methyl sites for hydroxylation is 1. The molecule has 12 heteroatoms. The number of methoxy groups -OCH3 is 2. The molecule has 9 nitrogen and oxygen atoms in total. The Bertz CT molecular complexity index is 1480. The van der Waals surface area contributed by atoms with Crippen LogP contribution in [0.15, 0.2) is 60.7 Å². The van der Waals surface area contributed by atoms with Crippen molar-refractivity contribution < 1.29 is 32.2 Å². The molecule has 4 aromatic rings. The molecule has 0 saturated heterocycles. The van der Waals surface area contributed by atoms with E-state index in [0.29, 0.717) is 52.9 Å². The third-order valence-corrected chi connectivity index (χ3v) is 5.54. The largest absolute Gasteiger partial charge is 0.495 e. The second-order valence-electron chi connectivity index (χ2n) is 8.34. The van der Waals surface area contributed by atoms with Gasteiger partial charge >= 0.3 is 12.2 Å². The van der Waals surface area contributed by atoms with E-state index < -0.39 is 17.8 Å². The quantitative estimate of drug-likeness (QED) is 0.209. The Kier molecular flexibility index (Phi) is 8.35. The smallest absolute Gasteiger partial charge is 0.416 e.